The third kappa shape index (κ3) is 2.66. The van der Waals surface area contributed by atoms with Gasteiger partial charge in [-0.1, -0.05) is 19.1 Å². The number of nitrogens with one attached hydrogen (secondary N) is 1. The molecule has 1 aromatic carbocycles. The van der Waals surface area contributed by atoms with E-state index >= 15 is 0 Å². The monoisotopic (exact) mass is 249 g/mol. The highest BCUT2D eigenvalue weighted by Gasteiger charge is 2.10. The van der Waals surface area contributed by atoms with Gasteiger partial charge in [0, 0.05) is 11.4 Å². The Morgan fingerprint density at radius 2 is 2.28 bits per heavy atom. The molecule has 0 bridgehead atoms. The standard InChI is InChI=1S/C14H19NO3/c1-3-11(9-16)15-8-12-7-10-5-4-6-13(17-2)14(10)18-12/h4-7,11,15-16H,3,8-9H2,1-2H3/t11-/m1/s1. The molecule has 1 aromatic heterocycles. The molecular formula is C14H19NO3. The fraction of sp³-hybridized carbons (Fsp3) is 0.429. The first kappa shape index (κ1) is 12.9. The van der Waals surface area contributed by atoms with E-state index in [1.54, 1.807) is 7.11 Å². The van der Waals surface area contributed by atoms with Crippen molar-refractivity contribution in [1.29, 1.82) is 0 Å². The lowest BCUT2D eigenvalue weighted by Crippen LogP contribution is -2.30. The summed E-state index contributed by atoms with van der Waals surface area (Å²) in [6, 6.07) is 7.92. The SMILES string of the molecule is CC[C@H](CO)NCc1cc2cccc(OC)c2o1. The first-order valence-electron chi connectivity index (χ1n) is 6.18. The summed E-state index contributed by atoms with van der Waals surface area (Å²) in [6.07, 6.45) is 0.889. The number of hydrogen-bond donors (Lipinski definition) is 2. The van der Waals surface area contributed by atoms with E-state index < -0.39 is 0 Å². The first-order chi connectivity index (χ1) is 8.78. The van der Waals surface area contributed by atoms with Crippen molar-refractivity contribution in [1.82, 2.24) is 5.32 Å². The Kier molecular flexibility index (Phi) is 4.23. The quantitative estimate of drug-likeness (QED) is 0.824. The van der Waals surface area contributed by atoms with Crippen LogP contribution in [0.25, 0.3) is 11.0 Å². The summed E-state index contributed by atoms with van der Waals surface area (Å²) < 4.78 is 11.0. The number of fused-ring (bicyclic) bond motifs is 1. The van der Waals surface area contributed by atoms with Gasteiger partial charge in [-0.3, -0.25) is 0 Å². The average molecular weight is 249 g/mol. The van der Waals surface area contributed by atoms with Crippen LogP contribution in [0, 0.1) is 0 Å². The molecule has 0 amide bonds. The van der Waals surface area contributed by atoms with E-state index in [0.717, 1.165) is 28.9 Å². The van der Waals surface area contributed by atoms with Crippen LogP contribution in [-0.4, -0.2) is 24.9 Å². The van der Waals surface area contributed by atoms with Gasteiger partial charge in [0.25, 0.3) is 0 Å². The molecule has 0 fully saturated rings. The topological polar surface area (TPSA) is 54.6 Å². The van der Waals surface area contributed by atoms with Gasteiger partial charge in [0.2, 0.25) is 0 Å². The van der Waals surface area contributed by atoms with Crippen molar-refractivity contribution < 1.29 is 14.3 Å². The summed E-state index contributed by atoms with van der Waals surface area (Å²) in [5.74, 6) is 1.59. The van der Waals surface area contributed by atoms with Gasteiger partial charge in [0.05, 0.1) is 20.3 Å². The zero-order chi connectivity index (χ0) is 13.0. The van der Waals surface area contributed by atoms with Gasteiger partial charge in [0.1, 0.15) is 5.76 Å². The minimum atomic E-state index is 0.111. The number of rotatable bonds is 6. The molecule has 0 aliphatic rings. The second-order valence-electron chi connectivity index (χ2n) is 4.26. The van der Waals surface area contributed by atoms with Crippen LogP contribution in [-0.2, 0) is 6.54 Å². The van der Waals surface area contributed by atoms with E-state index in [1.165, 1.54) is 0 Å². The van der Waals surface area contributed by atoms with Crippen LogP contribution >= 0.6 is 0 Å². The number of ether oxygens (including phenoxy) is 1. The van der Waals surface area contributed by atoms with Crippen molar-refractivity contribution in [3.63, 3.8) is 0 Å². The molecule has 4 heteroatoms. The zero-order valence-corrected chi connectivity index (χ0v) is 10.8. The summed E-state index contributed by atoms with van der Waals surface area (Å²) in [6.45, 7) is 2.78. The van der Waals surface area contributed by atoms with E-state index in [2.05, 4.69) is 5.32 Å². The number of aliphatic hydroxyl groups excluding tert-OH is 1. The van der Waals surface area contributed by atoms with Crippen molar-refractivity contribution >= 4 is 11.0 Å². The number of benzene rings is 1. The van der Waals surface area contributed by atoms with E-state index in [0.29, 0.717) is 6.54 Å². The molecular weight excluding hydrogens is 230 g/mol. The average Bonchev–Trinajstić information content (AvgIpc) is 2.82. The molecule has 0 saturated heterocycles. The minimum absolute atomic E-state index is 0.111. The van der Waals surface area contributed by atoms with Gasteiger partial charge in [-0.2, -0.15) is 0 Å². The first-order valence-corrected chi connectivity index (χ1v) is 6.18. The third-order valence-electron chi connectivity index (χ3n) is 3.06. The van der Waals surface area contributed by atoms with Crippen molar-refractivity contribution in [2.45, 2.75) is 25.9 Å². The molecule has 0 aliphatic heterocycles. The number of para-hydroxylation sites is 1. The Morgan fingerprint density at radius 3 is 2.94 bits per heavy atom. The van der Waals surface area contributed by atoms with Gasteiger partial charge in [-0.05, 0) is 18.6 Å². The highest BCUT2D eigenvalue weighted by molar-refractivity contribution is 5.83. The molecule has 2 rings (SSSR count). The van der Waals surface area contributed by atoms with Crippen LogP contribution < -0.4 is 10.1 Å². The Labute approximate surface area is 107 Å². The number of methoxy groups -OCH3 is 1. The van der Waals surface area contributed by atoms with Gasteiger partial charge in [0.15, 0.2) is 11.3 Å². The Hall–Kier alpha value is -1.52. The summed E-state index contributed by atoms with van der Waals surface area (Å²) in [5, 5.41) is 13.4. The summed E-state index contributed by atoms with van der Waals surface area (Å²) in [5.41, 5.74) is 0.772. The molecule has 0 saturated carbocycles. The maximum Gasteiger partial charge on any atom is 0.176 e. The van der Waals surface area contributed by atoms with Gasteiger partial charge >= 0.3 is 0 Å². The lowest BCUT2D eigenvalue weighted by Gasteiger charge is -2.12. The molecule has 98 valence electrons. The summed E-state index contributed by atoms with van der Waals surface area (Å²) in [7, 11) is 1.63. The number of hydrogen-bond acceptors (Lipinski definition) is 4. The molecule has 0 unspecified atom stereocenters. The van der Waals surface area contributed by atoms with Crippen LogP contribution in [0.1, 0.15) is 19.1 Å². The molecule has 4 nitrogen and oxygen atoms in total. The summed E-state index contributed by atoms with van der Waals surface area (Å²) >= 11 is 0. The predicted octanol–water partition coefficient (Wildman–Crippen LogP) is 2.30. The Balaban J connectivity index is 2.15. The molecule has 18 heavy (non-hydrogen) atoms. The zero-order valence-electron chi connectivity index (χ0n) is 10.8. The smallest absolute Gasteiger partial charge is 0.176 e. The summed E-state index contributed by atoms with van der Waals surface area (Å²) in [4.78, 5) is 0. The highest BCUT2D eigenvalue weighted by atomic mass is 16.5. The second kappa shape index (κ2) is 5.89. The fourth-order valence-corrected chi connectivity index (χ4v) is 1.92. The Bertz CT molecular complexity index is 503. The predicted molar refractivity (Wildman–Crippen MR) is 70.8 cm³/mol. The van der Waals surface area contributed by atoms with Gasteiger partial charge in [-0.25, -0.2) is 0 Å². The van der Waals surface area contributed by atoms with Crippen molar-refractivity contribution in [2.24, 2.45) is 0 Å². The van der Waals surface area contributed by atoms with Crippen molar-refractivity contribution in [2.75, 3.05) is 13.7 Å². The number of furan rings is 1. The molecule has 1 heterocycles. The van der Waals surface area contributed by atoms with Crippen LogP contribution in [0.5, 0.6) is 5.75 Å². The van der Waals surface area contributed by atoms with E-state index in [1.807, 2.05) is 31.2 Å². The van der Waals surface area contributed by atoms with E-state index in [-0.39, 0.29) is 12.6 Å². The molecule has 0 aliphatic carbocycles. The lowest BCUT2D eigenvalue weighted by atomic mass is 10.2. The van der Waals surface area contributed by atoms with E-state index in [9.17, 15) is 0 Å². The fourth-order valence-electron chi connectivity index (χ4n) is 1.92. The lowest BCUT2D eigenvalue weighted by molar-refractivity contribution is 0.236. The van der Waals surface area contributed by atoms with Crippen LogP contribution in [0.2, 0.25) is 0 Å². The largest absolute Gasteiger partial charge is 0.493 e. The van der Waals surface area contributed by atoms with Crippen LogP contribution in [0.4, 0.5) is 0 Å². The maximum absolute atomic E-state index is 9.11. The second-order valence-corrected chi connectivity index (χ2v) is 4.26. The third-order valence-corrected chi connectivity index (χ3v) is 3.06. The molecule has 1 atom stereocenters. The molecule has 0 radical (unpaired) electrons. The van der Waals surface area contributed by atoms with Crippen LogP contribution in [0.3, 0.4) is 0 Å². The highest BCUT2D eigenvalue weighted by Crippen LogP contribution is 2.28. The molecule has 2 aromatic rings. The normalized spacial score (nSPS) is 12.8. The maximum atomic E-state index is 9.11. The van der Waals surface area contributed by atoms with Gasteiger partial charge < -0.3 is 19.6 Å². The van der Waals surface area contributed by atoms with Crippen molar-refractivity contribution in [3.05, 3.63) is 30.0 Å². The van der Waals surface area contributed by atoms with Gasteiger partial charge in [-0.15, -0.1) is 0 Å². The molecule has 0 spiro atoms. The Morgan fingerprint density at radius 1 is 1.44 bits per heavy atom. The number of aliphatic hydroxyl groups is 1. The van der Waals surface area contributed by atoms with Crippen LogP contribution in [0.15, 0.2) is 28.7 Å². The van der Waals surface area contributed by atoms with Crippen molar-refractivity contribution in [3.8, 4) is 5.75 Å². The molecule has 2 N–H and O–H groups in total. The van der Waals surface area contributed by atoms with E-state index in [4.69, 9.17) is 14.3 Å². The minimum Gasteiger partial charge on any atom is -0.493 e.